The van der Waals surface area contributed by atoms with Crippen LogP contribution in [0.15, 0.2) is 109 Å². The summed E-state index contributed by atoms with van der Waals surface area (Å²) in [5, 5.41) is 0. The minimum atomic E-state index is -4.64. The number of carbonyl (C=O) groups is 2. The molecule has 0 bridgehead atoms. The van der Waals surface area contributed by atoms with Crippen molar-refractivity contribution in [1.82, 2.24) is 0 Å². The number of esters is 2. The topological polar surface area (TPSA) is 111 Å². The van der Waals surface area contributed by atoms with Crippen LogP contribution in [-0.4, -0.2) is 70.0 Å². The van der Waals surface area contributed by atoms with Gasteiger partial charge in [0.1, 0.15) is 19.8 Å². The van der Waals surface area contributed by atoms with Crippen LogP contribution in [0.3, 0.4) is 0 Å². The monoisotopic (exact) mass is 1110 g/mol. The number of phosphoric acid groups is 1. The summed E-state index contributed by atoms with van der Waals surface area (Å²) in [4.78, 5) is 37.8. The fourth-order valence-electron chi connectivity index (χ4n) is 8.50. The maximum atomic E-state index is 12.8. The maximum Gasteiger partial charge on any atom is 0.306 e. The molecule has 0 aliphatic heterocycles. The first kappa shape index (κ1) is 74.7. The number of unbranched alkanes of at least 4 members (excludes halogenated alkanes) is 25. The molecule has 0 aromatic heterocycles. The van der Waals surface area contributed by atoms with Gasteiger partial charge in [-0.1, -0.05) is 258 Å². The van der Waals surface area contributed by atoms with Crippen LogP contribution in [-0.2, 0) is 32.7 Å². The molecule has 0 rings (SSSR count). The number of hydrogen-bond acceptors (Lipinski definition) is 8. The van der Waals surface area contributed by atoms with Crippen molar-refractivity contribution in [3.05, 3.63) is 109 Å². The van der Waals surface area contributed by atoms with Crippen LogP contribution in [0.4, 0.5) is 0 Å². The fraction of sp³-hybridized carbons (Fsp3) is 0.706. The second kappa shape index (κ2) is 58.3. The number of allylic oxidation sites excluding steroid dienone is 18. The van der Waals surface area contributed by atoms with E-state index in [1.165, 1.54) is 122 Å². The van der Waals surface area contributed by atoms with E-state index in [9.17, 15) is 19.0 Å². The van der Waals surface area contributed by atoms with E-state index in [4.69, 9.17) is 18.5 Å². The molecular weight excluding hydrogens is 990 g/mol. The van der Waals surface area contributed by atoms with Gasteiger partial charge in [-0.25, -0.2) is 0 Å². The number of nitrogens with zero attached hydrogens (tertiary/aromatic N) is 1. The van der Waals surface area contributed by atoms with E-state index in [-0.39, 0.29) is 26.1 Å². The fourth-order valence-corrected chi connectivity index (χ4v) is 9.23. The minimum Gasteiger partial charge on any atom is -0.756 e. The summed E-state index contributed by atoms with van der Waals surface area (Å²) in [5.41, 5.74) is 0. The number of carbonyl (C=O) groups excluding carboxylic acids is 2. The van der Waals surface area contributed by atoms with Crippen molar-refractivity contribution in [2.24, 2.45) is 0 Å². The molecule has 9 nitrogen and oxygen atoms in total. The summed E-state index contributed by atoms with van der Waals surface area (Å²) in [6.45, 7) is 3.98. The van der Waals surface area contributed by atoms with Crippen LogP contribution in [0.2, 0.25) is 0 Å². The molecule has 0 radical (unpaired) electrons. The Hall–Kier alpha value is -3.33. The summed E-state index contributed by atoms with van der Waals surface area (Å²) >= 11 is 0. The van der Waals surface area contributed by atoms with E-state index in [2.05, 4.69) is 123 Å². The van der Waals surface area contributed by atoms with Crippen LogP contribution >= 0.6 is 7.82 Å². The lowest BCUT2D eigenvalue weighted by atomic mass is 10.0. The molecule has 0 fully saturated rings. The third-order valence-corrected chi connectivity index (χ3v) is 14.3. The Kier molecular flexibility index (Phi) is 55.8. The number of phosphoric ester groups is 1. The van der Waals surface area contributed by atoms with Crippen molar-refractivity contribution in [1.29, 1.82) is 0 Å². The molecule has 10 heteroatoms. The smallest absolute Gasteiger partial charge is 0.306 e. The molecule has 78 heavy (non-hydrogen) atoms. The summed E-state index contributed by atoms with van der Waals surface area (Å²) < 4.78 is 34.1. The summed E-state index contributed by atoms with van der Waals surface area (Å²) in [6.07, 6.45) is 81.8. The van der Waals surface area contributed by atoms with Gasteiger partial charge in [0.25, 0.3) is 7.82 Å². The Bertz CT molecular complexity index is 1680. The number of ether oxygens (including phenoxy) is 2. The van der Waals surface area contributed by atoms with E-state index in [1.54, 1.807) is 0 Å². The van der Waals surface area contributed by atoms with Gasteiger partial charge in [-0.05, 0) is 96.3 Å². The highest BCUT2D eigenvalue weighted by Gasteiger charge is 2.22. The van der Waals surface area contributed by atoms with Crippen molar-refractivity contribution >= 4 is 19.8 Å². The van der Waals surface area contributed by atoms with Crippen LogP contribution in [0, 0.1) is 0 Å². The second-order valence-electron chi connectivity index (χ2n) is 22.0. The van der Waals surface area contributed by atoms with Gasteiger partial charge in [0.15, 0.2) is 6.10 Å². The number of rotatable bonds is 57. The van der Waals surface area contributed by atoms with Crippen LogP contribution in [0.5, 0.6) is 0 Å². The highest BCUT2D eigenvalue weighted by atomic mass is 31.2. The van der Waals surface area contributed by atoms with Gasteiger partial charge in [0.2, 0.25) is 0 Å². The zero-order valence-electron chi connectivity index (χ0n) is 50.8. The third-order valence-electron chi connectivity index (χ3n) is 13.3. The first-order chi connectivity index (χ1) is 38.0. The van der Waals surface area contributed by atoms with Gasteiger partial charge < -0.3 is 27.9 Å². The van der Waals surface area contributed by atoms with Crippen molar-refractivity contribution in [3.63, 3.8) is 0 Å². The first-order valence-corrected chi connectivity index (χ1v) is 33.1. The maximum absolute atomic E-state index is 12.8. The quantitative estimate of drug-likeness (QED) is 0.0195. The predicted octanol–water partition coefficient (Wildman–Crippen LogP) is 19.5. The van der Waals surface area contributed by atoms with Crippen molar-refractivity contribution in [2.45, 2.75) is 264 Å². The summed E-state index contributed by atoms with van der Waals surface area (Å²) in [6, 6.07) is 0. The van der Waals surface area contributed by atoms with Gasteiger partial charge in [0.05, 0.1) is 27.7 Å². The Morgan fingerprint density at radius 1 is 0.397 bits per heavy atom. The van der Waals surface area contributed by atoms with Crippen LogP contribution in [0.25, 0.3) is 0 Å². The van der Waals surface area contributed by atoms with Gasteiger partial charge in [-0.3, -0.25) is 14.2 Å². The van der Waals surface area contributed by atoms with Crippen molar-refractivity contribution in [2.75, 3.05) is 47.5 Å². The van der Waals surface area contributed by atoms with Gasteiger partial charge >= 0.3 is 11.9 Å². The highest BCUT2D eigenvalue weighted by Crippen LogP contribution is 2.38. The van der Waals surface area contributed by atoms with E-state index in [1.807, 2.05) is 21.1 Å². The molecule has 0 aromatic rings. The Labute approximate surface area is 480 Å². The van der Waals surface area contributed by atoms with Crippen LogP contribution < -0.4 is 4.89 Å². The molecule has 0 aliphatic carbocycles. The van der Waals surface area contributed by atoms with Crippen molar-refractivity contribution in [3.8, 4) is 0 Å². The number of hydrogen-bond donors (Lipinski definition) is 0. The van der Waals surface area contributed by atoms with Gasteiger partial charge in [-0.2, -0.15) is 0 Å². The molecule has 0 spiro atoms. The standard InChI is InChI=1S/C68H118NO8P/c1-6-8-10-12-14-16-18-20-21-22-23-24-25-26-27-28-29-30-31-32-33-34-35-36-37-38-39-40-41-42-43-44-45-46-47-49-51-53-55-57-59-61-68(71)77-66(65-76-78(72,73)75-63-62-69(3,4)5)64-74-67(70)60-58-56-54-52-50-48-19-17-15-13-11-9-7-2/h8-11,14-17,20-21,23-24,26-27,29-30,48,50,66H,6-7,12-13,18-19,22,25,28,31-47,49,51-65H2,1-5H3/b10-8-,11-9-,16-14-,17-15-,21-20-,24-23-,27-26-,30-29-,50-48-. The predicted molar refractivity (Wildman–Crippen MR) is 332 cm³/mol. The molecule has 0 heterocycles. The molecule has 2 atom stereocenters. The average molecular weight is 1110 g/mol. The van der Waals surface area contributed by atoms with Crippen LogP contribution in [0.1, 0.15) is 258 Å². The molecule has 0 saturated heterocycles. The second-order valence-corrected chi connectivity index (χ2v) is 23.4. The molecule has 0 aromatic carbocycles. The normalized spacial score (nSPS) is 14.0. The zero-order chi connectivity index (χ0) is 57.0. The zero-order valence-corrected chi connectivity index (χ0v) is 51.7. The number of likely N-dealkylation sites (N-methyl/N-ethyl adjacent to an activating group) is 1. The van der Waals surface area contributed by atoms with E-state index in [0.29, 0.717) is 23.9 Å². The Morgan fingerprint density at radius 2 is 0.692 bits per heavy atom. The molecule has 2 unspecified atom stereocenters. The highest BCUT2D eigenvalue weighted by molar-refractivity contribution is 7.45. The molecule has 0 amide bonds. The Balaban J connectivity index is 3.92. The Morgan fingerprint density at radius 3 is 1.04 bits per heavy atom. The van der Waals surface area contributed by atoms with Gasteiger partial charge in [-0.15, -0.1) is 0 Å². The molecule has 0 aliphatic rings. The minimum absolute atomic E-state index is 0.0382. The SMILES string of the molecule is CC/C=C\C/C=C\C/C=C\C/C=C\C/C=C\C/C=C\CCCCCCCCCCCCCCCCCCCCCCCCC(=O)OC(COC(=O)CCCCC/C=C\C/C=C\C/C=C\CC)COP(=O)([O-])OCC[N+](C)(C)C. The summed E-state index contributed by atoms with van der Waals surface area (Å²) in [5.74, 6) is -0.866. The summed E-state index contributed by atoms with van der Waals surface area (Å²) in [7, 11) is 1.15. The largest absolute Gasteiger partial charge is 0.756 e. The number of quaternary nitrogens is 1. The van der Waals surface area contributed by atoms with Crippen molar-refractivity contribution < 1.29 is 42.1 Å². The lowest BCUT2D eigenvalue weighted by Crippen LogP contribution is -2.37. The lowest BCUT2D eigenvalue weighted by Gasteiger charge is -2.28. The average Bonchev–Trinajstić information content (AvgIpc) is 3.40. The molecule has 0 N–H and O–H groups in total. The van der Waals surface area contributed by atoms with E-state index >= 15 is 0 Å². The first-order valence-electron chi connectivity index (χ1n) is 31.6. The lowest BCUT2D eigenvalue weighted by molar-refractivity contribution is -0.870. The van der Waals surface area contributed by atoms with Gasteiger partial charge in [0, 0.05) is 12.8 Å². The third kappa shape index (κ3) is 61.9. The molecular formula is C68H118NO8P. The van der Waals surface area contributed by atoms with E-state index < -0.39 is 32.5 Å². The van der Waals surface area contributed by atoms with E-state index in [0.717, 1.165) is 96.3 Å². The molecule has 0 saturated carbocycles. The molecule has 448 valence electrons.